The lowest BCUT2D eigenvalue weighted by Crippen LogP contribution is -2.41. The van der Waals surface area contributed by atoms with Gasteiger partial charge in [-0.15, -0.1) is 0 Å². The molecule has 7 nitrogen and oxygen atoms in total. The van der Waals surface area contributed by atoms with E-state index in [0.29, 0.717) is 9.58 Å². The molecule has 2 saturated carbocycles. The third-order valence-corrected chi connectivity index (χ3v) is 7.99. The van der Waals surface area contributed by atoms with Crippen LogP contribution in [0.3, 0.4) is 0 Å². The second kappa shape index (κ2) is 10.3. The Hall–Kier alpha value is -2.73. The van der Waals surface area contributed by atoms with E-state index in [1.807, 2.05) is 0 Å². The molecule has 1 N–H and O–H groups in total. The van der Waals surface area contributed by atoms with Crippen LogP contribution in [0.1, 0.15) is 77.9 Å². The molecule has 0 bridgehead atoms. The monoisotopic (exact) mass is 595 g/mol. The van der Waals surface area contributed by atoms with Gasteiger partial charge in [-0.25, -0.2) is 8.78 Å². The lowest BCUT2D eigenvalue weighted by atomic mass is 9.74. The maximum atomic E-state index is 14.8. The van der Waals surface area contributed by atoms with Crippen LogP contribution in [0, 0.1) is 11.2 Å². The normalized spacial score (nSPS) is 22.4. The highest BCUT2D eigenvalue weighted by atomic mass is 35.5. The number of ketones is 1. The van der Waals surface area contributed by atoms with Crippen molar-refractivity contribution in [3.63, 3.8) is 0 Å². The number of hydrogen-bond donors (Lipinski definition) is 1. The minimum absolute atomic E-state index is 0.0544. The van der Waals surface area contributed by atoms with Gasteiger partial charge in [-0.2, -0.15) is 18.3 Å². The number of aliphatic carboxylic acids is 1. The number of alkyl halides is 4. The van der Waals surface area contributed by atoms with Crippen LogP contribution in [0.2, 0.25) is 10.0 Å². The van der Waals surface area contributed by atoms with Gasteiger partial charge in [0.2, 0.25) is 0 Å². The molecule has 0 radical (unpaired) electrons. The van der Waals surface area contributed by atoms with Crippen LogP contribution < -0.4 is 0 Å². The molecule has 212 valence electrons. The van der Waals surface area contributed by atoms with E-state index >= 15 is 0 Å². The summed E-state index contributed by atoms with van der Waals surface area (Å²) in [5.41, 5.74) is -5.54. The topological polar surface area (TPSA) is 92.5 Å². The molecule has 0 unspecified atom stereocenters. The van der Waals surface area contributed by atoms with Gasteiger partial charge in [0.05, 0.1) is 51.9 Å². The van der Waals surface area contributed by atoms with Gasteiger partial charge in [-0.1, -0.05) is 23.2 Å². The zero-order chi connectivity index (χ0) is 28.9. The van der Waals surface area contributed by atoms with Crippen molar-refractivity contribution in [2.75, 3.05) is 13.1 Å². The zero-order valence-electron chi connectivity index (χ0n) is 20.6. The van der Waals surface area contributed by atoms with Crippen molar-refractivity contribution in [1.82, 2.24) is 14.7 Å². The van der Waals surface area contributed by atoms with Crippen molar-refractivity contribution in [2.24, 2.45) is 5.41 Å². The molecule has 14 heteroatoms. The second-order valence-corrected chi connectivity index (χ2v) is 11.2. The van der Waals surface area contributed by atoms with Gasteiger partial charge in [0, 0.05) is 0 Å². The maximum Gasteiger partial charge on any atom is 0.433 e. The number of carboxylic acids is 1. The van der Waals surface area contributed by atoms with E-state index in [1.165, 1.54) is 6.92 Å². The first-order valence-electron chi connectivity index (χ1n) is 12.1. The van der Waals surface area contributed by atoms with Crippen LogP contribution in [0.5, 0.6) is 0 Å². The number of benzene rings is 1. The molecule has 4 rings (SSSR count). The molecule has 2 aliphatic rings. The van der Waals surface area contributed by atoms with Crippen molar-refractivity contribution in [2.45, 2.75) is 63.3 Å². The largest absolute Gasteiger partial charge is 0.481 e. The van der Waals surface area contributed by atoms with E-state index in [4.69, 9.17) is 23.2 Å². The number of amides is 1. The van der Waals surface area contributed by atoms with E-state index in [0.717, 1.165) is 18.3 Å². The van der Waals surface area contributed by atoms with Crippen LogP contribution in [-0.2, 0) is 11.0 Å². The second-order valence-electron chi connectivity index (χ2n) is 10.4. The molecule has 1 amide bonds. The number of rotatable bonds is 8. The fourth-order valence-corrected chi connectivity index (χ4v) is 5.51. The smallest absolute Gasteiger partial charge is 0.433 e. The minimum atomic E-state index is -5.04. The Balaban J connectivity index is 1.66. The van der Waals surface area contributed by atoms with Crippen LogP contribution >= 0.6 is 23.2 Å². The van der Waals surface area contributed by atoms with Gasteiger partial charge in [0.25, 0.3) is 5.91 Å². The van der Waals surface area contributed by atoms with Crippen LogP contribution in [-0.4, -0.2) is 56.2 Å². The van der Waals surface area contributed by atoms with Gasteiger partial charge < -0.3 is 10.0 Å². The Morgan fingerprint density at radius 2 is 1.69 bits per heavy atom. The maximum absolute atomic E-state index is 14.8. The fraction of sp³-hybridized carbons (Fsp3) is 0.520. The van der Waals surface area contributed by atoms with Crippen molar-refractivity contribution in [1.29, 1.82) is 0 Å². The standard InChI is InChI=1S/C25H24Cl2F5N3O4/c1-23(22(38)39)4-2-14(3-5-23)35-20(25(30,31)32)15(10-33-35)21(37)34(12-24(29)6-7-24)11-18(36)19-16(26)8-13(28)9-17(19)27/h8-10,14H,2-7,11-12H2,1H3,(H,38,39). The quantitative estimate of drug-likeness (QED) is 0.282. The van der Waals surface area contributed by atoms with Crippen molar-refractivity contribution in [3.8, 4) is 0 Å². The third kappa shape index (κ3) is 6.06. The molecule has 0 spiro atoms. The highest BCUT2D eigenvalue weighted by Crippen LogP contribution is 2.44. The zero-order valence-corrected chi connectivity index (χ0v) is 22.1. The average molecular weight is 596 g/mol. The lowest BCUT2D eigenvalue weighted by molar-refractivity contribution is -0.152. The van der Waals surface area contributed by atoms with Crippen LogP contribution in [0.25, 0.3) is 0 Å². The van der Waals surface area contributed by atoms with E-state index in [-0.39, 0.29) is 54.1 Å². The number of carbonyl (C=O) groups is 3. The Labute approximate surface area is 229 Å². The van der Waals surface area contributed by atoms with E-state index in [2.05, 4.69) is 5.10 Å². The molecule has 2 aliphatic carbocycles. The van der Waals surface area contributed by atoms with E-state index in [1.54, 1.807) is 0 Å². The molecule has 1 aromatic heterocycles. The predicted molar refractivity (Wildman–Crippen MR) is 130 cm³/mol. The first-order valence-corrected chi connectivity index (χ1v) is 12.8. The van der Waals surface area contributed by atoms with Gasteiger partial charge in [-0.05, 0) is 57.6 Å². The van der Waals surface area contributed by atoms with Gasteiger partial charge in [0.1, 0.15) is 11.5 Å². The van der Waals surface area contributed by atoms with Crippen molar-refractivity contribution < 1.29 is 41.4 Å². The molecule has 1 heterocycles. The molecule has 0 saturated heterocycles. The molecule has 0 atom stereocenters. The van der Waals surface area contributed by atoms with Crippen molar-refractivity contribution in [3.05, 3.63) is 51.0 Å². The molecular formula is C25H24Cl2F5N3O4. The number of Topliss-reactive ketones (excluding diaryl/α,β-unsaturated/α-hetero) is 1. The average Bonchev–Trinajstić information content (AvgIpc) is 3.36. The molecule has 2 aromatic rings. The summed E-state index contributed by atoms with van der Waals surface area (Å²) >= 11 is 11.9. The fourth-order valence-electron chi connectivity index (χ4n) is 4.84. The molecule has 2 fully saturated rings. The first kappa shape index (κ1) is 29.3. The Bertz CT molecular complexity index is 1290. The first-order chi connectivity index (χ1) is 18.0. The Morgan fingerprint density at radius 1 is 1.13 bits per heavy atom. The molecular weight excluding hydrogens is 572 g/mol. The SMILES string of the molecule is CC1(C(=O)O)CCC(n2ncc(C(=O)N(CC(=O)c3c(Cl)cc(F)cc3Cl)CC3(F)CC3)c2C(F)(F)F)CC1. The van der Waals surface area contributed by atoms with Gasteiger partial charge >= 0.3 is 12.1 Å². The summed E-state index contributed by atoms with van der Waals surface area (Å²) in [4.78, 5) is 38.6. The number of nitrogens with zero attached hydrogens (tertiary/aromatic N) is 3. The Kier molecular flexibility index (Phi) is 7.76. The lowest BCUT2D eigenvalue weighted by Gasteiger charge is -2.34. The number of aromatic nitrogens is 2. The van der Waals surface area contributed by atoms with Gasteiger partial charge in [0.15, 0.2) is 11.5 Å². The summed E-state index contributed by atoms with van der Waals surface area (Å²) in [7, 11) is 0. The van der Waals surface area contributed by atoms with E-state index < -0.39 is 71.1 Å². The number of halogens is 7. The number of hydrogen-bond acceptors (Lipinski definition) is 4. The van der Waals surface area contributed by atoms with Crippen LogP contribution in [0.4, 0.5) is 22.0 Å². The van der Waals surface area contributed by atoms with Gasteiger partial charge in [-0.3, -0.25) is 19.1 Å². The molecule has 0 aliphatic heterocycles. The minimum Gasteiger partial charge on any atom is -0.481 e. The number of carbonyl (C=O) groups excluding carboxylic acids is 2. The summed E-state index contributed by atoms with van der Waals surface area (Å²) in [5.74, 6) is -4.06. The third-order valence-electron chi connectivity index (χ3n) is 7.39. The summed E-state index contributed by atoms with van der Waals surface area (Å²) in [6.45, 7) is 0.00277. The Morgan fingerprint density at radius 3 is 2.18 bits per heavy atom. The predicted octanol–water partition coefficient (Wildman–Crippen LogP) is 6.38. The van der Waals surface area contributed by atoms with Crippen molar-refractivity contribution >= 4 is 40.9 Å². The summed E-state index contributed by atoms with van der Waals surface area (Å²) in [6, 6.07) is 0.809. The van der Waals surface area contributed by atoms with E-state index in [9.17, 15) is 41.4 Å². The highest BCUT2D eigenvalue weighted by Gasteiger charge is 2.48. The molecule has 1 aromatic carbocycles. The van der Waals surface area contributed by atoms with Crippen LogP contribution in [0.15, 0.2) is 18.3 Å². The summed E-state index contributed by atoms with van der Waals surface area (Å²) in [6.07, 6.45) is -3.82. The molecule has 39 heavy (non-hydrogen) atoms. The highest BCUT2D eigenvalue weighted by molar-refractivity contribution is 6.40. The summed E-state index contributed by atoms with van der Waals surface area (Å²) < 4.78 is 71.9. The summed E-state index contributed by atoms with van der Waals surface area (Å²) in [5, 5.41) is 12.5. The number of carboxylic acid groups (broad SMARTS) is 1.